The summed E-state index contributed by atoms with van der Waals surface area (Å²) in [6.45, 7) is 4.16. The average molecular weight is 321 g/mol. The number of rotatable bonds is 7. The predicted octanol–water partition coefficient (Wildman–Crippen LogP) is 3.30. The normalized spacial score (nSPS) is 12.5. The van der Waals surface area contributed by atoms with Crippen LogP contribution < -0.4 is 0 Å². The van der Waals surface area contributed by atoms with Gasteiger partial charge in [-0.25, -0.2) is 0 Å². The van der Waals surface area contributed by atoms with E-state index >= 15 is 0 Å². The molecule has 0 aliphatic rings. The quantitative estimate of drug-likeness (QED) is 0.531. The Kier molecular flexibility index (Phi) is 16.4. The molecule has 0 rings (SSSR count). The Morgan fingerprint density at radius 1 is 1.33 bits per heavy atom. The fraction of sp³-hybridized carbons (Fsp3) is 1.00. The molecule has 12 heavy (non-hydrogen) atoms. The summed E-state index contributed by atoms with van der Waals surface area (Å²) in [6.07, 6.45) is 6.23. The second-order valence-electron chi connectivity index (χ2n) is 2.86. The van der Waals surface area contributed by atoms with Crippen LogP contribution in [0.3, 0.4) is 0 Å². The molecular formula is C8H18NdO2P+. The first-order valence-corrected chi connectivity index (χ1v) is 5.15. The molecule has 0 aromatic heterocycles. The van der Waals surface area contributed by atoms with Gasteiger partial charge in [0.25, 0.3) is 0 Å². The van der Waals surface area contributed by atoms with E-state index in [9.17, 15) is 4.57 Å². The Hall–Kier alpha value is 1.41. The molecule has 0 spiro atoms. The standard InChI is InChI=1S/C8H18O2P.Nd/c1-3-4-5-6-7-8(2)10-11-9;/h8,11H,3-7H2,1-2H3;/q+1;. The van der Waals surface area contributed by atoms with Crippen LogP contribution in [-0.4, -0.2) is 6.10 Å². The van der Waals surface area contributed by atoms with Crippen LogP contribution in [0, 0.1) is 40.8 Å². The van der Waals surface area contributed by atoms with Crippen LogP contribution >= 0.6 is 8.69 Å². The first-order chi connectivity index (χ1) is 5.31. The molecule has 0 aliphatic heterocycles. The van der Waals surface area contributed by atoms with Crippen molar-refractivity contribution in [2.24, 2.45) is 0 Å². The van der Waals surface area contributed by atoms with Gasteiger partial charge in [-0.15, -0.1) is 4.52 Å². The summed E-state index contributed by atoms with van der Waals surface area (Å²) >= 11 is 0. The van der Waals surface area contributed by atoms with Crippen molar-refractivity contribution in [3.8, 4) is 0 Å². The second-order valence-corrected chi connectivity index (χ2v) is 3.26. The summed E-state index contributed by atoms with van der Waals surface area (Å²) in [4.78, 5) is 0. The van der Waals surface area contributed by atoms with Gasteiger partial charge in [-0.1, -0.05) is 32.6 Å². The van der Waals surface area contributed by atoms with Gasteiger partial charge in [-0.05, 0) is 17.9 Å². The van der Waals surface area contributed by atoms with Crippen LogP contribution in [0.1, 0.15) is 46.0 Å². The van der Waals surface area contributed by atoms with E-state index in [0.29, 0.717) is 0 Å². The molecule has 0 N–H and O–H groups in total. The third-order valence-corrected chi connectivity index (χ3v) is 2.21. The second kappa shape index (κ2) is 12.4. The summed E-state index contributed by atoms with van der Waals surface area (Å²) < 4.78 is 14.9. The maximum Gasteiger partial charge on any atom is 0.494 e. The number of unbranched alkanes of at least 4 members (excludes halogenated alkanes) is 3. The summed E-state index contributed by atoms with van der Waals surface area (Å²) in [5.74, 6) is 0. The van der Waals surface area contributed by atoms with Gasteiger partial charge in [-0.3, -0.25) is 0 Å². The minimum atomic E-state index is -0.600. The molecule has 70 valence electrons. The maximum atomic E-state index is 10.0. The number of hydrogen-bond acceptors (Lipinski definition) is 2. The fourth-order valence-corrected chi connectivity index (χ4v) is 1.28. The molecule has 0 radical (unpaired) electrons. The largest absolute Gasteiger partial charge is 0.494 e. The molecule has 2 nitrogen and oxygen atoms in total. The van der Waals surface area contributed by atoms with E-state index in [0.717, 1.165) is 6.42 Å². The van der Waals surface area contributed by atoms with Gasteiger partial charge >= 0.3 is 8.69 Å². The molecule has 0 fully saturated rings. The SMILES string of the molecule is CCCCCCC(C)O[PH+]=O.[Nd]. The van der Waals surface area contributed by atoms with E-state index in [1.54, 1.807) is 0 Å². The summed E-state index contributed by atoms with van der Waals surface area (Å²) in [5.41, 5.74) is 0. The van der Waals surface area contributed by atoms with Crippen LogP contribution in [0.25, 0.3) is 0 Å². The molecule has 0 bridgehead atoms. The van der Waals surface area contributed by atoms with E-state index in [2.05, 4.69) is 6.92 Å². The Morgan fingerprint density at radius 2 is 2.00 bits per heavy atom. The van der Waals surface area contributed by atoms with Crippen molar-refractivity contribution in [2.75, 3.05) is 0 Å². The van der Waals surface area contributed by atoms with Crippen LogP contribution in [0.2, 0.25) is 0 Å². The molecule has 0 saturated heterocycles. The van der Waals surface area contributed by atoms with Crippen LogP contribution in [0.4, 0.5) is 0 Å². The molecule has 2 atom stereocenters. The monoisotopic (exact) mass is 319 g/mol. The van der Waals surface area contributed by atoms with E-state index in [1.807, 2.05) is 6.92 Å². The zero-order valence-corrected chi connectivity index (χ0v) is 12.1. The smallest absolute Gasteiger partial charge is 0.145 e. The molecule has 0 amide bonds. The van der Waals surface area contributed by atoms with E-state index < -0.39 is 8.69 Å². The molecule has 0 aliphatic carbocycles. The molecule has 0 saturated carbocycles. The van der Waals surface area contributed by atoms with Crippen molar-refractivity contribution < 1.29 is 49.9 Å². The van der Waals surface area contributed by atoms with Gasteiger partial charge in [0.1, 0.15) is 6.10 Å². The first-order valence-electron chi connectivity index (χ1n) is 4.34. The van der Waals surface area contributed by atoms with Crippen molar-refractivity contribution in [3.63, 3.8) is 0 Å². The molecule has 2 unspecified atom stereocenters. The van der Waals surface area contributed by atoms with Gasteiger partial charge < -0.3 is 0 Å². The van der Waals surface area contributed by atoms with Crippen molar-refractivity contribution in [1.82, 2.24) is 0 Å². The first kappa shape index (κ1) is 15.9. The average Bonchev–Trinajstić information content (AvgIpc) is 1.99. The van der Waals surface area contributed by atoms with Gasteiger partial charge in [0.2, 0.25) is 0 Å². The number of hydrogen-bond donors (Lipinski definition) is 0. The molecule has 4 heteroatoms. The summed E-state index contributed by atoms with van der Waals surface area (Å²) in [7, 11) is -0.600. The Morgan fingerprint density at radius 3 is 2.50 bits per heavy atom. The van der Waals surface area contributed by atoms with Gasteiger partial charge in [0.05, 0.1) is 0 Å². The van der Waals surface area contributed by atoms with Crippen molar-refractivity contribution in [3.05, 3.63) is 0 Å². The van der Waals surface area contributed by atoms with Crippen LogP contribution in [0.15, 0.2) is 0 Å². The third kappa shape index (κ3) is 11.4. The minimum Gasteiger partial charge on any atom is -0.145 e. The van der Waals surface area contributed by atoms with E-state index in [4.69, 9.17) is 4.52 Å². The minimum absolute atomic E-state index is 0. The van der Waals surface area contributed by atoms with Crippen molar-refractivity contribution >= 4 is 8.69 Å². The van der Waals surface area contributed by atoms with E-state index in [-0.39, 0.29) is 46.9 Å². The Balaban J connectivity index is 0. The summed E-state index contributed by atoms with van der Waals surface area (Å²) in [6, 6.07) is 0. The molecule has 0 aromatic carbocycles. The molecular weight excluding hydrogens is 303 g/mol. The maximum absolute atomic E-state index is 10.0. The fourth-order valence-electron chi connectivity index (χ4n) is 1.000. The third-order valence-electron chi connectivity index (χ3n) is 1.71. The van der Waals surface area contributed by atoms with Crippen molar-refractivity contribution in [1.29, 1.82) is 0 Å². The Labute approximate surface area is 110 Å². The van der Waals surface area contributed by atoms with E-state index in [1.165, 1.54) is 25.7 Å². The van der Waals surface area contributed by atoms with Crippen LogP contribution in [-0.2, 0) is 9.09 Å². The van der Waals surface area contributed by atoms with Gasteiger partial charge in [-0.2, -0.15) is 0 Å². The zero-order chi connectivity index (χ0) is 8.53. The predicted molar refractivity (Wildman–Crippen MR) is 48.3 cm³/mol. The topological polar surface area (TPSA) is 26.3 Å². The molecule has 0 heterocycles. The van der Waals surface area contributed by atoms with Gasteiger partial charge in [0, 0.05) is 40.8 Å². The van der Waals surface area contributed by atoms with Crippen LogP contribution in [0.5, 0.6) is 0 Å². The van der Waals surface area contributed by atoms with Crippen molar-refractivity contribution in [2.45, 2.75) is 52.1 Å². The summed E-state index contributed by atoms with van der Waals surface area (Å²) in [5, 5.41) is 0. The zero-order valence-electron chi connectivity index (χ0n) is 7.93. The Bertz CT molecular complexity index is 101. The van der Waals surface area contributed by atoms with Gasteiger partial charge in [0.15, 0.2) is 0 Å². The molecule has 0 aromatic rings.